The Balaban J connectivity index is 1.06. The molecule has 1 saturated heterocycles. The molecule has 2 aromatic rings. The molecule has 4 heteroatoms. The number of piperazine rings is 1. The molecular weight excluding hydrogens is 408 g/mol. The third kappa shape index (κ3) is 5.86. The number of β-amino-alcohol motifs (C(OH)–C–C–N with tert-alkyl or cyclic N) is 1. The Hall–Kier alpha value is -1.72. The minimum absolute atomic E-state index is 0.286. The van der Waals surface area contributed by atoms with Gasteiger partial charge in [0.2, 0.25) is 0 Å². The van der Waals surface area contributed by atoms with Crippen LogP contribution < -0.4 is 0 Å². The van der Waals surface area contributed by atoms with Gasteiger partial charge in [-0.2, -0.15) is 0 Å². The van der Waals surface area contributed by atoms with E-state index in [1.54, 1.807) is 0 Å². The molecule has 0 unspecified atom stereocenters. The van der Waals surface area contributed by atoms with Gasteiger partial charge in [0.25, 0.3) is 0 Å². The number of fused-ring (bicyclic) bond motifs is 2. The maximum atomic E-state index is 10.5. The van der Waals surface area contributed by atoms with Crippen LogP contribution in [-0.2, 0) is 4.74 Å². The van der Waals surface area contributed by atoms with Gasteiger partial charge in [-0.25, -0.2) is 0 Å². The van der Waals surface area contributed by atoms with Crippen LogP contribution in [-0.4, -0.2) is 66.9 Å². The normalized spacial score (nSPS) is 26.8. The van der Waals surface area contributed by atoms with Crippen molar-refractivity contribution in [3.8, 4) is 0 Å². The molecule has 2 aromatic carbocycles. The Labute approximate surface area is 199 Å². The maximum absolute atomic E-state index is 10.5. The molecule has 0 spiro atoms. The van der Waals surface area contributed by atoms with E-state index in [9.17, 15) is 5.11 Å². The second-order valence-electron chi connectivity index (χ2n) is 10.5. The standard InChI is InChI=1S/C29H40N2O2/c32-28(22-33-18-13-27-20-23-11-12-26(27)19-23)21-30-14-16-31(17-15-30)29(24-7-3-1-4-8-24)25-9-5-2-6-10-25/h1-10,23,26-29,32H,11-22H2/t23-,26-,27+,28+/m1/s1. The molecule has 4 nitrogen and oxygen atoms in total. The van der Waals surface area contributed by atoms with Crippen molar-refractivity contribution in [2.24, 2.45) is 17.8 Å². The average molecular weight is 449 g/mol. The number of nitrogens with zero attached hydrogens (tertiary/aromatic N) is 2. The highest BCUT2D eigenvalue weighted by atomic mass is 16.5. The van der Waals surface area contributed by atoms with Crippen molar-refractivity contribution in [3.05, 3.63) is 71.8 Å². The molecule has 4 atom stereocenters. The predicted molar refractivity (Wildman–Crippen MR) is 133 cm³/mol. The summed E-state index contributed by atoms with van der Waals surface area (Å²) in [6.45, 7) is 5.98. The van der Waals surface area contributed by atoms with Crippen LogP contribution in [0.4, 0.5) is 0 Å². The highest BCUT2D eigenvalue weighted by Crippen LogP contribution is 2.49. The first kappa shape index (κ1) is 23.0. The summed E-state index contributed by atoms with van der Waals surface area (Å²) in [6, 6.07) is 21.9. The molecule has 0 aromatic heterocycles. The minimum Gasteiger partial charge on any atom is -0.389 e. The summed E-state index contributed by atoms with van der Waals surface area (Å²) >= 11 is 0. The van der Waals surface area contributed by atoms with Gasteiger partial charge in [-0.15, -0.1) is 0 Å². The first-order chi connectivity index (χ1) is 16.3. The van der Waals surface area contributed by atoms with Gasteiger partial charge in [0.15, 0.2) is 0 Å². The van der Waals surface area contributed by atoms with Gasteiger partial charge in [0.1, 0.15) is 0 Å². The number of aliphatic hydroxyl groups excluding tert-OH is 1. The molecule has 1 N–H and O–H groups in total. The first-order valence-corrected chi connectivity index (χ1v) is 13.1. The van der Waals surface area contributed by atoms with Crippen LogP contribution in [0.15, 0.2) is 60.7 Å². The number of ether oxygens (including phenoxy) is 1. The van der Waals surface area contributed by atoms with Gasteiger partial charge >= 0.3 is 0 Å². The molecule has 2 aliphatic carbocycles. The summed E-state index contributed by atoms with van der Waals surface area (Å²) in [5, 5.41) is 10.5. The Bertz CT molecular complexity index is 798. The van der Waals surface area contributed by atoms with Gasteiger partial charge in [-0.3, -0.25) is 9.80 Å². The fourth-order valence-electron chi connectivity index (χ4n) is 6.62. The fraction of sp³-hybridized carbons (Fsp3) is 0.586. The third-order valence-corrected chi connectivity index (χ3v) is 8.30. The fourth-order valence-corrected chi connectivity index (χ4v) is 6.62. The topological polar surface area (TPSA) is 35.9 Å². The first-order valence-electron chi connectivity index (χ1n) is 13.1. The summed E-state index contributed by atoms with van der Waals surface area (Å²) in [4.78, 5) is 4.98. The number of rotatable bonds is 10. The van der Waals surface area contributed by atoms with Crippen LogP contribution >= 0.6 is 0 Å². The highest BCUT2D eigenvalue weighted by Gasteiger charge is 2.38. The van der Waals surface area contributed by atoms with Crippen LogP contribution in [0.1, 0.15) is 49.3 Å². The van der Waals surface area contributed by atoms with E-state index in [0.717, 1.165) is 50.5 Å². The lowest BCUT2D eigenvalue weighted by Gasteiger charge is -2.40. The van der Waals surface area contributed by atoms with Gasteiger partial charge in [0, 0.05) is 39.3 Å². The number of hydrogen-bond acceptors (Lipinski definition) is 4. The Morgan fingerprint density at radius 3 is 2.09 bits per heavy atom. The molecule has 2 saturated carbocycles. The molecule has 3 fully saturated rings. The van der Waals surface area contributed by atoms with E-state index in [0.29, 0.717) is 13.2 Å². The largest absolute Gasteiger partial charge is 0.389 e. The summed E-state index contributed by atoms with van der Waals surface area (Å²) in [6.07, 6.45) is 6.59. The quantitative estimate of drug-likeness (QED) is 0.539. The van der Waals surface area contributed by atoms with Gasteiger partial charge < -0.3 is 9.84 Å². The molecule has 1 heterocycles. The summed E-state index contributed by atoms with van der Waals surface area (Å²) in [5.74, 6) is 2.86. The smallest absolute Gasteiger partial charge is 0.0900 e. The molecule has 33 heavy (non-hydrogen) atoms. The molecule has 178 valence electrons. The second-order valence-corrected chi connectivity index (χ2v) is 10.5. The van der Waals surface area contributed by atoms with E-state index in [1.165, 1.54) is 43.2 Å². The molecular formula is C29H40N2O2. The lowest BCUT2D eigenvalue weighted by molar-refractivity contribution is 0.000295. The van der Waals surface area contributed by atoms with E-state index in [2.05, 4.69) is 70.5 Å². The summed E-state index contributed by atoms with van der Waals surface area (Å²) in [5.41, 5.74) is 2.70. The van der Waals surface area contributed by atoms with Crippen LogP contribution in [0.5, 0.6) is 0 Å². The zero-order valence-corrected chi connectivity index (χ0v) is 19.9. The van der Waals surface area contributed by atoms with Gasteiger partial charge in [0.05, 0.1) is 18.8 Å². The molecule has 2 bridgehead atoms. The molecule has 5 rings (SSSR count). The van der Waals surface area contributed by atoms with E-state index in [4.69, 9.17) is 4.74 Å². The SMILES string of the molecule is O[C@H](COCC[C@H]1C[C@@H]2CC[C@@H]1C2)CN1CCN(C(c2ccccc2)c2ccccc2)CC1. The molecule has 1 aliphatic heterocycles. The Morgan fingerprint density at radius 1 is 0.848 bits per heavy atom. The van der Waals surface area contributed by atoms with E-state index < -0.39 is 6.10 Å². The highest BCUT2D eigenvalue weighted by molar-refractivity contribution is 5.31. The van der Waals surface area contributed by atoms with E-state index >= 15 is 0 Å². The van der Waals surface area contributed by atoms with Crippen molar-refractivity contribution in [3.63, 3.8) is 0 Å². The number of benzene rings is 2. The lowest BCUT2D eigenvalue weighted by Crippen LogP contribution is -2.50. The summed E-state index contributed by atoms with van der Waals surface area (Å²) in [7, 11) is 0. The zero-order valence-electron chi connectivity index (χ0n) is 19.9. The number of hydrogen-bond donors (Lipinski definition) is 1. The van der Waals surface area contributed by atoms with Crippen LogP contribution in [0.2, 0.25) is 0 Å². The zero-order chi connectivity index (χ0) is 22.5. The van der Waals surface area contributed by atoms with Crippen LogP contribution in [0.3, 0.4) is 0 Å². The molecule has 0 amide bonds. The third-order valence-electron chi connectivity index (χ3n) is 8.30. The van der Waals surface area contributed by atoms with Crippen molar-refractivity contribution in [2.45, 2.75) is 44.2 Å². The van der Waals surface area contributed by atoms with Crippen molar-refractivity contribution in [1.29, 1.82) is 0 Å². The van der Waals surface area contributed by atoms with Crippen molar-refractivity contribution >= 4 is 0 Å². The van der Waals surface area contributed by atoms with Crippen molar-refractivity contribution in [1.82, 2.24) is 9.80 Å². The Morgan fingerprint density at radius 2 is 1.52 bits per heavy atom. The minimum atomic E-state index is -0.393. The van der Waals surface area contributed by atoms with Crippen molar-refractivity contribution in [2.75, 3.05) is 45.9 Å². The predicted octanol–water partition coefficient (Wildman–Crippen LogP) is 4.60. The second kappa shape index (κ2) is 11.1. The molecule has 3 aliphatic rings. The monoisotopic (exact) mass is 448 g/mol. The van der Waals surface area contributed by atoms with E-state index in [1.807, 2.05) is 0 Å². The van der Waals surface area contributed by atoms with Crippen molar-refractivity contribution < 1.29 is 9.84 Å². The van der Waals surface area contributed by atoms with Gasteiger partial charge in [-0.05, 0) is 54.6 Å². The summed E-state index contributed by atoms with van der Waals surface area (Å²) < 4.78 is 5.89. The maximum Gasteiger partial charge on any atom is 0.0900 e. The Kier molecular flexibility index (Phi) is 7.78. The average Bonchev–Trinajstić information content (AvgIpc) is 3.48. The van der Waals surface area contributed by atoms with Crippen LogP contribution in [0, 0.1) is 17.8 Å². The van der Waals surface area contributed by atoms with Crippen LogP contribution in [0.25, 0.3) is 0 Å². The van der Waals surface area contributed by atoms with Gasteiger partial charge in [-0.1, -0.05) is 67.1 Å². The van der Waals surface area contributed by atoms with E-state index in [-0.39, 0.29) is 6.04 Å². The number of aliphatic hydroxyl groups is 1. The molecule has 0 radical (unpaired) electrons. The lowest BCUT2D eigenvalue weighted by atomic mass is 9.87.